The van der Waals surface area contributed by atoms with Gasteiger partial charge in [-0.25, -0.2) is 4.79 Å². The molecular formula is C33H38N3O3+. The van der Waals surface area contributed by atoms with Gasteiger partial charge in [0.25, 0.3) is 0 Å². The first-order valence-electron chi connectivity index (χ1n) is 14.4. The number of para-hydroxylation sites is 1. The lowest BCUT2D eigenvalue weighted by Gasteiger charge is -2.51. The van der Waals surface area contributed by atoms with Crippen molar-refractivity contribution in [3.8, 4) is 0 Å². The fraction of sp³-hybridized carbons (Fsp3) is 0.394. The zero-order chi connectivity index (χ0) is 26.7. The van der Waals surface area contributed by atoms with Crippen LogP contribution in [0, 0.1) is 5.92 Å². The minimum Gasteiger partial charge on any atom is -0.454 e. The molecule has 4 aliphatic rings. The highest BCUT2D eigenvalue weighted by Crippen LogP contribution is 2.37. The van der Waals surface area contributed by atoms with Crippen LogP contribution in [0.2, 0.25) is 0 Å². The number of carbonyl (C=O) groups excluding carboxylic acids is 2. The molecule has 0 radical (unpaired) electrons. The van der Waals surface area contributed by atoms with Gasteiger partial charge in [0.1, 0.15) is 13.1 Å². The number of anilines is 2. The average Bonchev–Trinajstić information content (AvgIpc) is 3.53. The second-order valence-electron chi connectivity index (χ2n) is 11.5. The number of rotatable bonds is 9. The van der Waals surface area contributed by atoms with Gasteiger partial charge in [0.15, 0.2) is 12.1 Å². The first-order chi connectivity index (χ1) is 19.1. The number of esters is 1. The normalized spacial score (nSPS) is 24.8. The minimum atomic E-state index is -0.590. The first-order valence-corrected chi connectivity index (χ1v) is 14.4. The Balaban J connectivity index is 1.13. The molecule has 2 bridgehead atoms. The van der Waals surface area contributed by atoms with E-state index in [0.29, 0.717) is 23.5 Å². The van der Waals surface area contributed by atoms with Crippen LogP contribution in [0.1, 0.15) is 47.6 Å². The van der Waals surface area contributed by atoms with Gasteiger partial charge in [-0.1, -0.05) is 48.5 Å². The van der Waals surface area contributed by atoms with Crippen LogP contribution >= 0.6 is 0 Å². The lowest BCUT2D eigenvalue weighted by atomic mass is 9.82. The molecule has 4 aliphatic heterocycles. The molecule has 2 atom stereocenters. The maximum absolute atomic E-state index is 13.6. The lowest BCUT2D eigenvalue weighted by Crippen LogP contribution is -2.65. The number of hydrogen-bond acceptors (Lipinski definition) is 5. The standard InChI is InChI=1S/C33H38N3O3/c37-30(25-13-15-29(16-14-25)35-19-7-8-20-35)23-36-21-17-26(18-22-36)31(24-36)39-33(38)32(27-9-3-1-4-10-27)34-28-11-5-2-6-12-28/h1-6,9-16,26,31-32,34H,7-8,17-24H2/q+1/t26?,31-,32+,36?/m0/s1. The fourth-order valence-electron chi connectivity index (χ4n) is 6.65. The summed E-state index contributed by atoms with van der Waals surface area (Å²) >= 11 is 0. The van der Waals surface area contributed by atoms with Crippen LogP contribution in [0.5, 0.6) is 0 Å². The van der Waals surface area contributed by atoms with E-state index in [9.17, 15) is 9.59 Å². The maximum atomic E-state index is 13.6. The third-order valence-corrected chi connectivity index (χ3v) is 8.90. The van der Waals surface area contributed by atoms with Crippen LogP contribution in [-0.2, 0) is 9.53 Å². The first kappa shape index (κ1) is 25.6. The number of quaternary nitrogens is 1. The minimum absolute atomic E-state index is 0.172. The molecule has 0 unspecified atom stereocenters. The summed E-state index contributed by atoms with van der Waals surface area (Å²) in [6.45, 7) is 5.32. The van der Waals surface area contributed by atoms with E-state index in [1.54, 1.807) is 0 Å². The van der Waals surface area contributed by atoms with Gasteiger partial charge in [0, 0.05) is 48.8 Å². The summed E-state index contributed by atoms with van der Waals surface area (Å²) in [4.78, 5) is 29.4. The van der Waals surface area contributed by atoms with Gasteiger partial charge in [0.2, 0.25) is 5.78 Å². The predicted octanol–water partition coefficient (Wildman–Crippen LogP) is 5.48. The SMILES string of the molecule is O=C(C[N+]12CCC(CC1)[C@@H](OC(=O)[C@H](Nc1ccccc1)c1ccccc1)C2)c1ccc(N2CCCC2)cc1. The van der Waals surface area contributed by atoms with Crippen molar-refractivity contribution in [3.63, 3.8) is 0 Å². The zero-order valence-corrected chi connectivity index (χ0v) is 22.5. The number of ketones is 1. The molecule has 0 spiro atoms. The largest absolute Gasteiger partial charge is 0.454 e. The van der Waals surface area contributed by atoms with Crippen LogP contribution in [0.4, 0.5) is 11.4 Å². The van der Waals surface area contributed by atoms with Crippen LogP contribution in [-0.4, -0.2) is 61.6 Å². The van der Waals surface area contributed by atoms with E-state index in [2.05, 4.69) is 22.3 Å². The van der Waals surface area contributed by atoms with Gasteiger partial charge in [-0.2, -0.15) is 0 Å². The maximum Gasteiger partial charge on any atom is 0.333 e. The van der Waals surface area contributed by atoms with Gasteiger partial charge < -0.3 is 19.4 Å². The molecule has 202 valence electrons. The Labute approximate surface area is 231 Å². The Morgan fingerprint density at radius 2 is 1.51 bits per heavy atom. The zero-order valence-electron chi connectivity index (χ0n) is 22.5. The van der Waals surface area contributed by atoms with Crippen molar-refractivity contribution in [1.82, 2.24) is 0 Å². The molecule has 4 heterocycles. The molecular weight excluding hydrogens is 486 g/mol. The number of hydrogen-bond donors (Lipinski definition) is 1. The van der Waals surface area contributed by atoms with E-state index in [1.165, 1.54) is 18.5 Å². The Morgan fingerprint density at radius 1 is 0.872 bits per heavy atom. The molecule has 0 aliphatic carbocycles. The summed E-state index contributed by atoms with van der Waals surface area (Å²) in [7, 11) is 0. The Kier molecular flexibility index (Phi) is 7.38. The molecule has 0 aromatic heterocycles. The second-order valence-corrected chi connectivity index (χ2v) is 11.5. The van der Waals surface area contributed by atoms with E-state index in [4.69, 9.17) is 4.74 Å². The van der Waals surface area contributed by atoms with Gasteiger partial charge in [-0.3, -0.25) is 4.79 Å². The van der Waals surface area contributed by atoms with Gasteiger partial charge >= 0.3 is 5.97 Å². The molecule has 0 amide bonds. The van der Waals surface area contributed by atoms with E-state index in [-0.39, 0.29) is 17.9 Å². The van der Waals surface area contributed by atoms with E-state index in [0.717, 1.165) is 55.8 Å². The van der Waals surface area contributed by atoms with Crippen LogP contribution in [0.15, 0.2) is 84.9 Å². The molecule has 3 aromatic rings. The highest BCUT2D eigenvalue weighted by Gasteiger charge is 2.49. The number of benzene rings is 3. The molecule has 3 aromatic carbocycles. The number of piperidine rings is 3. The smallest absolute Gasteiger partial charge is 0.333 e. The number of nitrogens with one attached hydrogen (secondary N) is 1. The van der Waals surface area contributed by atoms with E-state index < -0.39 is 6.04 Å². The fourth-order valence-corrected chi connectivity index (χ4v) is 6.65. The summed E-state index contributed by atoms with van der Waals surface area (Å²) in [6.07, 6.45) is 4.28. The monoisotopic (exact) mass is 524 g/mol. The van der Waals surface area contributed by atoms with Gasteiger partial charge in [-0.15, -0.1) is 0 Å². The summed E-state index contributed by atoms with van der Waals surface area (Å²) < 4.78 is 6.98. The Morgan fingerprint density at radius 3 is 2.18 bits per heavy atom. The molecule has 39 heavy (non-hydrogen) atoms. The Hall–Kier alpha value is -3.64. The summed E-state index contributed by atoms with van der Waals surface area (Å²) in [5, 5.41) is 3.38. The quantitative estimate of drug-likeness (QED) is 0.228. The van der Waals surface area contributed by atoms with Crippen LogP contribution < -0.4 is 10.2 Å². The predicted molar refractivity (Wildman–Crippen MR) is 154 cm³/mol. The number of carbonyl (C=O) groups is 2. The van der Waals surface area contributed by atoms with E-state index >= 15 is 0 Å². The third-order valence-electron chi connectivity index (χ3n) is 8.90. The van der Waals surface area contributed by atoms with Crippen LogP contribution in [0.3, 0.4) is 0 Å². The second kappa shape index (κ2) is 11.2. The molecule has 7 rings (SSSR count). The van der Waals surface area contributed by atoms with Crippen molar-refractivity contribution in [2.45, 2.75) is 37.8 Å². The van der Waals surface area contributed by atoms with Crippen molar-refractivity contribution >= 4 is 23.1 Å². The van der Waals surface area contributed by atoms with Gasteiger partial charge in [0.05, 0.1) is 13.1 Å². The van der Waals surface area contributed by atoms with Crippen molar-refractivity contribution in [2.75, 3.05) is 49.5 Å². The number of ether oxygens (including phenoxy) is 1. The molecule has 6 nitrogen and oxygen atoms in total. The molecule has 0 saturated carbocycles. The van der Waals surface area contributed by atoms with Crippen LogP contribution in [0.25, 0.3) is 0 Å². The van der Waals surface area contributed by atoms with Gasteiger partial charge in [-0.05, 0) is 54.8 Å². The molecule has 1 N–H and O–H groups in total. The Bertz CT molecular complexity index is 1260. The van der Waals surface area contributed by atoms with Crippen molar-refractivity contribution < 1.29 is 18.8 Å². The number of fused-ring (bicyclic) bond motifs is 3. The number of nitrogens with zero attached hydrogens (tertiary/aromatic N) is 2. The lowest BCUT2D eigenvalue weighted by molar-refractivity contribution is -0.938. The summed E-state index contributed by atoms with van der Waals surface area (Å²) in [6, 6.07) is 27.1. The highest BCUT2D eigenvalue weighted by molar-refractivity contribution is 5.97. The highest BCUT2D eigenvalue weighted by atomic mass is 16.5. The molecule has 4 fully saturated rings. The van der Waals surface area contributed by atoms with E-state index in [1.807, 2.05) is 72.8 Å². The average molecular weight is 525 g/mol. The number of Topliss-reactive ketones (excluding diaryl/α,β-unsaturated/α-hetero) is 1. The molecule has 4 saturated heterocycles. The third kappa shape index (κ3) is 5.71. The topological polar surface area (TPSA) is 58.6 Å². The van der Waals surface area contributed by atoms with Crippen molar-refractivity contribution in [3.05, 3.63) is 96.1 Å². The summed E-state index contributed by atoms with van der Waals surface area (Å²) in [5.41, 5.74) is 3.74. The van der Waals surface area contributed by atoms with Crippen molar-refractivity contribution in [1.29, 1.82) is 0 Å². The summed E-state index contributed by atoms with van der Waals surface area (Å²) in [5.74, 6) is 0.282. The molecule has 6 heteroatoms. The van der Waals surface area contributed by atoms with Crippen molar-refractivity contribution in [2.24, 2.45) is 5.92 Å².